The van der Waals surface area contributed by atoms with Crippen molar-refractivity contribution in [1.82, 2.24) is 5.32 Å². The van der Waals surface area contributed by atoms with Crippen LogP contribution in [0.1, 0.15) is 12.5 Å². The molecule has 1 atom stereocenters. The molecule has 0 aliphatic heterocycles. The molecule has 0 radical (unpaired) electrons. The summed E-state index contributed by atoms with van der Waals surface area (Å²) in [5.41, 5.74) is 0.753. The second kappa shape index (κ2) is 9.31. The van der Waals surface area contributed by atoms with E-state index in [-0.39, 0.29) is 36.9 Å². The first-order chi connectivity index (χ1) is 12.5. The Kier molecular flexibility index (Phi) is 6.84. The molecule has 0 saturated carbocycles. The molecule has 0 unspecified atom stereocenters. The Hall–Kier alpha value is -3.22. The van der Waals surface area contributed by atoms with E-state index >= 15 is 0 Å². The maximum atomic E-state index is 12.1. The molecule has 0 spiro atoms. The Morgan fingerprint density at radius 3 is 2.42 bits per heavy atom. The molecule has 2 aromatic rings. The second-order valence-corrected chi connectivity index (χ2v) is 5.50. The van der Waals surface area contributed by atoms with Gasteiger partial charge < -0.3 is 25.0 Å². The van der Waals surface area contributed by atoms with Crippen molar-refractivity contribution in [2.45, 2.75) is 19.4 Å². The molecule has 0 fully saturated rings. The Labute approximate surface area is 151 Å². The van der Waals surface area contributed by atoms with E-state index in [9.17, 15) is 19.8 Å². The van der Waals surface area contributed by atoms with Gasteiger partial charge in [0.05, 0.1) is 6.61 Å². The number of phenols is 2. The third kappa shape index (κ3) is 5.70. The van der Waals surface area contributed by atoms with Crippen molar-refractivity contribution in [1.29, 1.82) is 0 Å². The fourth-order valence-corrected chi connectivity index (χ4v) is 2.26. The van der Waals surface area contributed by atoms with E-state index in [4.69, 9.17) is 9.47 Å². The number of carbonyl (C=O) groups is 2. The summed E-state index contributed by atoms with van der Waals surface area (Å²) in [5, 5.41) is 21.5. The van der Waals surface area contributed by atoms with Crippen LogP contribution in [0.2, 0.25) is 0 Å². The van der Waals surface area contributed by atoms with Crippen molar-refractivity contribution >= 4 is 11.9 Å². The van der Waals surface area contributed by atoms with Crippen molar-refractivity contribution in [2.24, 2.45) is 0 Å². The molecular weight excluding hydrogens is 338 g/mol. The van der Waals surface area contributed by atoms with Crippen LogP contribution < -0.4 is 10.1 Å². The Bertz CT molecular complexity index is 744. The second-order valence-electron chi connectivity index (χ2n) is 5.50. The molecule has 0 aromatic heterocycles. The smallest absolute Gasteiger partial charge is 0.328 e. The number of para-hydroxylation sites is 2. The summed E-state index contributed by atoms with van der Waals surface area (Å²) in [6, 6.07) is 11.7. The van der Waals surface area contributed by atoms with Crippen LogP contribution in [0.5, 0.6) is 17.2 Å². The van der Waals surface area contributed by atoms with Gasteiger partial charge in [-0.15, -0.1) is 0 Å². The first-order valence-electron chi connectivity index (χ1n) is 8.14. The van der Waals surface area contributed by atoms with Gasteiger partial charge in [-0.2, -0.15) is 0 Å². The monoisotopic (exact) mass is 359 g/mol. The molecule has 0 bridgehead atoms. The number of amides is 1. The van der Waals surface area contributed by atoms with Crippen LogP contribution in [0, 0.1) is 0 Å². The third-order valence-corrected chi connectivity index (χ3v) is 3.51. The fraction of sp³-hybridized carbons (Fsp3) is 0.263. The summed E-state index contributed by atoms with van der Waals surface area (Å²) < 4.78 is 10.3. The molecule has 0 saturated heterocycles. The van der Waals surface area contributed by atoms with Crippen LogP contribution in [0.3, 0.4) is 0 Å². The standard InChI is InChI=1S/C19H21NO6/c1-2-25-19(24)15(11-13-7-9-14(21)10-8-13)20-18(23)12-26-17-6-4-3-5-16(17)22/h3-10,15,21-22H,2,11-12H2,1H3,(H,20,23)/t15-/m0/s1. The summed E-state index contributed by atoms with van der Waals surface area (Å²) in [5.74, 6) is -0.872. The first kappa shape index (κ1) is 19.1. The van der Waals surface area contributed by atoms with Crippen LogP contribution in [-0.2, 0) is 20.7 Å². The van der Waals surface area contributed by atoms with Crippen molar-refractivity contribution in [3.8, 4) is 17.2 Å². The lowest BCUT2D eigenvalue weighted by Crippen LogP contribution is -2.45. The highest BCUT2D eigenvalue weighted by atomic mass is 16.5. The van der Waals surface area contributed by atoms with Crippen LogP contribution >= 0.6 is 0 Å². The average molecular weight is 359 g/mol. The molecule has 3 N–H and O–H groups in total. The minimum absolute atomic E-state index is 0.0775. The van der Waals surface area contributed by atoms with E-state index in [0.717, 1.165) is 5.56 Å². The molecule has 138 valence electrons. The summed E-state index contributed by atoms with van der Waals surface area (Å²) in [6.45, 7) is 1.51. The quantitative estimate of drug-likeness (QED) is 0.621. The maximum absolute atomic E-state index is 12.1. The van der Waals surface area contributed by atoms with Gasteiger partial charge >= 0.3 is 5.97 Å². The molecule has 2 aromatic carbocycles. The molecule has 7 heteroatoms. The van der Waals surface area contributed by atoms with Gasteiger partial charge in [-0.3, -0.25) is 4.79 Å². The average Bonchev–Trinajstić information content (AvgIpc) is 2.62. The van der Waals surface area contributed by atoms with E-state index in [2.05, 4.69) is 5.32 Å². The highest BCUT2D eigenvalue weighted by molar-refractivity contribution is 5.85. The van der Waals surface area contributed by atoms with E-state index in [1.54, 1.807) is 31.2 Å². The summed E-state index contributed by atoms with van der Waals surface area (Å²) in [7, 11) is 0. The molecule has 2 rings (SSSR count). The van der Waals surface area contributed by atoms with Crippen LogP contribution in [0.15, 0.2) is 48.5 Å². The van der Waals surface area contributed by atoms with Crippen LogP contribution in [-0.4, -0.2) is 41.3 Å². The van der Waals surface area contributed by atoms with Gasteiger partial charge in [-0.1, -0.05) is 24.3 Å². The number of rotatable bonds is 8. The highest BCUT2D eigenvalue weighted by Gasteiger charge is 2.23. The molecular formula is C19H21NO6. The van der Waals surface area contributed by atoms with Crippen molar-refractivity contribution in [2.75, 3.05) is 13.2 Å². The summed E-state index contributed by atoms with van der Waals surface area (Å²) in [6.07, 6.45) is 0.210. The third-order valence-electron chi connectivity index (χ3n) is 3.51. The number of nitrogens with one attached hydrogen (secondary N) is 1. The van der Waals surface area contributed by atoms with Crippen LogP contribution in [0.4, 0.5) is 0 Å². The van der Waals surface area contributed by atoms with Crippen molar-refractivity contribution in [3.63, 3.8) is 0 Å². The molecule has 0 aliphatic carbocycles. The zero-order valence-corrected chi connectivity index (χ0v) is 14.3. The number of hydrogen-bond acceptors (Lipinski definition) is 6. The number of carbonyl (C=O) groups excluding carboxylic acids is 2. The predicted octanol–water partition coefficient (Wildman–Crippen LogP) is 1.77. The lowest BCUT2D eigenvalue weighted by Gasteiger charge is -2.18. The maximum Gasteiger partial charge on any atom is 0.328 e. The van der Waals surface area contributed by atoms with Gasteiger partial charge in [0.2, 0.25) is 0 Å². The summed E-state index contributed by atoms with van der Waals surface area (Å²) in [4.78, 5) is 24.2. The van der Waals surface area contributed by atoms with Gasteiger partial charge in [-0.25, -0.2) is 4.79 Å². The molecule has 1 amide bonds. The van der Waals surface area contributed by atoms with Gasteiger partial charge in [0, 0.05) is 6.42 Å². The van der Waals surface area contributed by atoms with E-state index in [1.807, 2.05) is 0 Å². The number of ether oxygens (including phenoxy) is 2. The van der Waals surface area contributed by atoms with Gasteiger partial charge in [0.1, 0.15) is 11.8 Å². The number of esters is 1. The highest BCUT2D eigenvalue weighted by Crippen LogP contribution is 2.24. The minimum Gasteiger partial charge on any atom is -0.508 e. The van der Waals surface area contributed by atoms with E-state index < -0.39 is 17.9 Å². The molecule has 7 nitrogen and oxygen atoms in total. The number of benzene rings is 2. The lowest BCUT2D eigenvalue weighted by atomic mass is 10.1. The molecule has 0 aliphatic rings. The number of phenolic OH excluding ortho intramolecular Hbond substituents is 2. The topological polar surface area (TPSA) is 105 Å². The van der Waals surface area contributed by atoms with Gasteiger partial charge in [0.15, 0.2) is 18.1 Å². The number of hydrogen-bond donors (Lipinski definition) is 3. The predicted molar refractivity (Wildman–Crippen MR) is 94.0 cm³/mol. The molecule has 0 heterocycles. The molecule has 26 heavy (non-hydrogen) atoms. The zero-order valence-electron chi connectivity index (χ0n) is 14.3. The Morgan fingerprint density at radius 1 is 1.08 bits per heavy atom. The zero-order chi connectivity index (χ0) is 18.9. The van der Waals surface area contributed by atoms with Crippen molar-refractivity contribution in [3.05, 3.63) is 54.1 Å². The largest absolute Gasteiger partial charge is 0.508 e. The van der Waals surface area contributed by atoms with Gasteiger partial charge in [-0.05, 0) is 36.8 Å². The number of aromatic hydroxyl groups is 2. The Morgan fingerprint density at radius 2 is 1.77 bits per heavy atom. The fourth-order valence-electron chi connectivity index (χ4n) is 2.26. The van der Waals surface area contributed by atoms with Crippen LogP contribution in [0.25, 0.3) is 0 Å². The normalized spacial score (nSPS) is 11.4. The SMILES string of the molecule is CCOC(=O)[C@H](Cc1ccc(O)cc1)NC(=O)COc1ccccc1O. The Balaban J connectivity index is 1.98. The van der Waals surface area contributed by atoms with E-state index in [1.165, 1.54) is 24.3 Å². The lowest BCUT2D eigenvalue weighted by molar-refractivity contribution is -0.147. The first-order valence-corrected chi connectivity index (χ1v) is 8.14. The van der Waals surface area contributed by atoms with E-state index in [0.29, 0.717) is 0 Å². The minimum atomic E-state index is -0.889. The van der Waals surface area contributed by atoms with Gasteiger partial charge in [0.25, 0.3) is 5.91 Å². The van der Waals surface area contributed by atoms with Crippen molar-refractivity contribution < 1.29 is 29.3 Å². The summed E-state index contributed by atoms with van der Waals surface area (Å²) >= 11 is 0.